The number of benzene rings is 2. The van der Waals surface area contributed by atoms with Gasteiger partial charge in [-0.25, -0.2) is 0 Å². The van der Waals surface area contributed by atoms with E-state index in [2.05, 4.69) is 0 Å². The maximum absolute atomic E-state index is 12.0. The third kappa shape index (κ3) is 1.74. The summed E-state index contributed by atoms with van der Waals surface area (Å²) in [5.74, 6) is 0. The molecule has 1 heterocycles. The zero-order valence-corrected chi connectivity index (χ0v) is 9.21. The molecule has 82 valence electrons. The smallest absolute Gasteiger partial charge is 0.224 e. The van der Waals surface area contributed by atoms with Crippen molar-refractivity contribution in [3.63, 3.8) is 0 Å². The van der Waals surface area contributed by atoms with Crippen LogP contribution in [0.15, 0.2) is 66.9 Å². The van der Waals surface area contributed by atoms with Crippen molar-refractivity contribution in [2.75, 3.05) is 0 Å². The van der Waals surface area contributed by atoms with Gasteiger partial charge in [-0.05, 0) is 23.6 Å². The van der Waals surface area contributed by atoms with Crippen molar-refractivity contribution >= 4 is 10.8 Å². The fraction of sp³-hybridized carbons (Fsp3) is 0. The van der Waals surface area contributed by atoms with Gasteiger partial charge in [-0.2, -0.15) is 4.73 Å². The van der Waals surface area contributed by atoms with Gasteiger partial charge in [0.25, 0.3) is 0 Å². The lowest BCUT2D eigenvalue weighted by molar-refractivity contribution is -0.592. The second kappa shape index (κ2) is 3.91. The first-order valence-corrected chi connectivity index (χ1v) is 5.52. The monoisotopic (exact) mass is 221 g/mol. The molecular formula is C15H11NO. The summed E-state index contributed by atoms with van der Waals surface area (Å²) in [7, 11) is 0. The molecule has 2 aromatic carbocycles. The van der Waals surface area contributed by atoms with E-state index in [-0.39, 0.29) is 0 Å². The van der Waals surface area contributed by atoms with E-state index in [4.69, 9.17) is 0 Å². The van der Waals surface area contributed by atoms with E-state index in [1.807, 2.05) is 60.7 Å². The predicted octanol–water partition coefficient (Wildman–Crippen LogP) is 3.14. The molecule has 0 aliphatic carbocycles. The van der Waals surface area contributed by atoms with Crippen molar-refractivity contribution in [2.24, 2.45) is 0 Å². The van der Waals surface area contributed by atoms with Gasteiger partial charge in [0.05, 0.1) is 0 Å². The number of hydrogen-bond donors (Lipinski definition) is 0. The summed E-state index contributed by atoms with van der Waals surface area (Å²) in [5, 5.41) is 14.0. The molecule has 0 bridgehead atoms. The average molecular weight is 221 g/mol. The number of pyridine rings is 1. The number of hydrogen-bond acceptors (Lipinski definition) is 1. The van der Waals surface area contributed by atoms with Crippen molar-refractivity contribution in [3.8, 4) is 11.3 Å². The Balaban J connectivity index is 2.27. The lowest BCUT2D eigenvalue weighted by atomic mass is 10.1. The van der Waals surface area contributed by atoms with Crippen LogP contribution in [0.1, 0.15) is 0 Å². The lowest BCUT2D eigenvalue weighted by Crippen LogP contribution is -2.28. The van der Waals surface area contributed by atoms with Gasteiger partial charge in [0.2, 0.25) is 5.69 Å². The van der Waals surface area contributed by atoms with Crippen LogP contribution >= 0.6 is 0 Å². The predicted molar refractivity (Wildman–Crippen MR) is 68.3 cm³/mol. The van der Waals surface area contributed by atoms with Crippen LogP contribution in [-0.2, 0) is 0 Å². The zero-order chi connectivity index (χ0) is 11.7. The van der Waals surface area contributed by atoms with Crippen molar-refractivity contribution in [1.82, 2.24) is 0 Å². The van der Waals surface area contributed by atoms with Gasteiger partial charge in [0.1, 0.15) is 0 Å². The summed E-state index contributed by atoms with van der Waals surface area (Å²) in [4.78, 5) is 0. The van der Waals surface area contributed by atoms with Gasteiger partial charge in [-0.1, -0.05) is 36.4 Å². The van der Waals surface area contributed by atoms with Crippen LogP contribution in [0.5, 0.6) is 0 Å². The van der Waals surface area contributed by atoms with Crippen LogP contribution in [-0.4, -0.2) is 0 Å². The second-order valence-corrected chi connectivity index (χ2v) is 3.98. The van der Waals surface area contributed by atoms with E-state index >= 15 is 0 Å². The second-order valence-electron chi connectivity index (χ2n) is 3.98. The molecule has 0 unspecified atom stereocenters. The minimum absolute atomic E-state index is 0.685. The molecule has 2 nitrogen and oxygen atoms in total. The number of nitrogens with zero attached hydrogens (tertiary/aromatic N) is 1. The Morgan fingerprint density at radius 1 is 0.765 bits per heavy atom. The molecule has 0 fully saturated rings. The highest BCUT2D eigenvalue weighted by atomic mass is 16.5. The normalized spacial score (nSPS) is 10.6. The lowest BCUT2D eigenvalue weighted by Gasteiger charge is -2.06. The van der Waals surface area contributed by atoms with E-state index in [0.717, 1.165) is 21.1 Å². The van der Waals surface area contributed by atoms with Gasteiger partial charge in [-0.15, -0.1) is 0 Å². The molecule has 3 rings (SSSR count). The standard InChI is InChI=1S/C15H11NO/c17-16-11-14-9-5-4-8-13(14)10-15(16)12-6-2-1-3-7-12/h1-11H. The summed E-state index contributed by atoms with van der Waals surface area (Å²) in [6, 6.07) is 19.5. The Hall–Kier alpha value is -2.35. The number of fused-ring (bicyclic) bond motifs is 1. The first-order valence-electron chi connectivity index (χ1n) is 5.52. The van der Waals surface area contributed by atoms with Crippen LogP contribution in [0.25, 0.3) is 22.0 Å². The first kappa shape index (κ1) is 9.85. The van der Waals surface area contributed by atoms with Gasteiger partial charge >= 0.3 is 0 Å². The maximum atomic E-state index is 12.0. The Bertz CT molecular complexity index is 662. The number of rotatable bonds is 1. The van der Waals surface area contributed by atoms with E-state index in [0.29, 0.717) is 5.69 Å². The molecule has 0 aliphatic rings. The van der Waals surface area contributed by atoms with Crippen LogP contribution in [0.3, 0.4) is 0 Å². The van der Waals surface area contributed by atoms with Crippen molar-refractivity contribution < 1.29 is 4.73 Å². The van der Waals surface area contributed by atoms with Gasteiger partial charge in [-0.3, -0.25) is 0 Å². The topological polar surface area (TPSA) is 26.9 Å². The van der Waals surface area contributed by atoms with E-state index < -0.39 is 0 Å². The van der Waals surface area contributed by atoms with Crippen molar-refractivity contribution in [1.29, 1.82) is 0 Å². The van der Waals surface area contributed by atoms with Crippen molar-refractivity contribution in [3.05, 3.63) is 72.1 Å². The Labute approximate surface area is 99.3 Å². The Morgan fingerprint density at radius 3 is 2.18 bits per heavy atom. The summed E-state index contributed by atoms with van der Waals surface area (Å²) < 4.78 is 0.928. The molecule has 0 spiro atoms. The Kier molecular flexibility index (Phi) is 2.26. The van der Waals surface area contributed by atoms with Crippen LogP contribution in [0, 0.1) is 5.21 Å². The highest BCUT2D eigenvalue weighted by Crippen LogP contribution is 2.19. The molecular weight excluding hydrogens is 210 g/mol. The number of aromatic nitrogens is 1. The average Bonchev–Trinajstić information content (AvgIpc) is 2.39. The SMILES string of the molecule is [O-][n+]1cc2ccccc2cc1-c1ccccc1. The molecule has 0 saturated heterocycles. The van der Waals surface area contributed by atoms with E-state index in [9.17, 15) is 5.21 Å². The zero-order valence-electron chi connectivity index (χ0n) is 9.21. The molecule has 0 amide bonds. The Morgan fingerprint density at radius 2 is 1.41 bits per heavy atom. The third-order valence-corrected chi connectivity index (χ3v) is 2.85. The molecule has 17 heavy (non-hydrogen) atoms. The molecule has 0 saturated carbocycles. The third-order valence-electron chi connectivity index (χ3n) is 2.85. The fourth-order valence-electron chi connectivity index (χ4n) is 1.99. The van der Waals surface area contributed by atoms with Crippen molar-refractivity contribution in [2.45, 2.75) is 0 Å². The summed E-state index contributed by atoms with van der Waals surface area (Å²) in [5.41, 5.74) is 1.62. The molecule has 2 heteroatoms. The minimum atomic E-state index is 0.685. The first-order chi connectivity index (χ1) is 8.34. The summed E-state index contributed by atoms with van der Waals surface area (Å²) in [6.07, 6.45) is 1.62. The van der Waals surface area contributed by atoms with Gasteiger partial charge < -0.3 is 5.21 Å². The van der Waals surface area contributed by atoms with Crippen LogP contribution in [0.2, 0.25) is 0 Å². The quantitative estimate of drug-likeness (QED) is 0.458. The molecule has 0 atom stereocenters. The minimum Gasteiger partial charge on any atom is -0.618 e. The molecule has 0 radical (unpaired) electrons. The molecule has 0 N–H and O–H groups in total. The van der Waals surface area contributed by atoms with Crippen LogP contribution < -0.4 is 4.73 Å². The van der Waals surface area contributed by atoms with Gasteiger partial charge in [0.15, 0.2) is 6.20 Å². The van der Waals surface area contributed by atoms with E-state index in [1.165, 1.54) is 0 Å². The largest absolute Gasteiger partial charge is 0.618 e. The highest BCUT2D eigenvalue weighted by Gasteiger charge is 2.09. The summed E-state index contributed by atoms with van der Waals surface area (Å²) >= 11 is 0. The van der Waals surface area contributed by atoms with Crippen LogP contribution in [0.4, 0.5) is 0 Å². The highest BCUT2D eigenvalue weighted by molar-refractivity contribution is 5.83. The summed E-state index contributed by atoms with van der Waals surface area (Å²) in [6.45, 7) is 0. The van der Waals surface area contributed by atoms with E-state index in [1.54, 1.807) is 6.20 Å². The molecule has 1 aromatic heterocycles. The van der Waals surface area contributed by atoms with Gasteiger partial charge in [0, 0.05) is 17.0 Å². The molecule has 3 aromatic rings. The molecule has 0 aliphatic heterocycles. The fourth-order valence-corrected chi connectivity index (χ4v) is 1.99. The maximum Gasteiger partial charge on any atom is 0.224 e.